The molecule has 0 saturated heterocycles. The maximum absolute atomic E-state index is 12.3. The fourth-order valence-electron chi connectivity index (χ4n) is 1.81. The number of carbonyl (C=O) groups excluding carboxylic acids is 1. The lowest BCUT2D eigenvalue weighted by molar-refractivity contribution is -0.143. The van der Waals surface area contributed by atoms with Gasteiger partial charge in [0.05, 0.1) is 19.8 Å². The highest BCUT2D eigenvalue weighted by molar-refractivity contribution is 5.92. The van der Waals surface area contributed by atoms with Crippen molar-refractivity contribution in [1.82, 2.24) is 0 Å². The summed E-state index contributed by atoms with van der Waals surface area (Å²) in [5, 5.41) is 8.88. The molecule has 0 unspecified atom stereocenters. The van der Waals surface area contributed by atoms with Crippen LogP contribution in [0.4, 0.5) is 8.78 Å². The number of alkyl halides is 2. The summed E-state index contributed by atoms with van der Waals surface area (Å²) >= 11 is 0. The van der Waals surface area contributed by atoms with Crippen molar-refractivity contribution < 1.29 is 27.8 Å². The van der Waals surface area contributed by atoms with Crippen molar-refractivity contribution in [2.24, 2.45) is 10.9 Å². The summed E-state index contributed by atoms with van der Waals surface area (Å²) < 4.78 is 38.6. The first-order valence-corrected chi connectivity index (χ1v) is 7.19. The van der Waals surface area contributed by atoms with Crippen LogP contribution in [0.1, 0.15) is 12.5 Å². The van der Waals surface area contributed by atoms with E-state index < -0.39 is 18.5 Å². The lowest BCUT2D eigenvalue weighted by atomic mass is 10.1. The molecule has 0 spiro atoms. The molecule has 0 fully saturated rings. The molecule has 0 aliphatic rings. The monoisotopic (exact) mass is 340 g/mol. The van der Waals surface area contributed by atoms with Crippen molar-refractivity contribution in [3.05, 3.63) is 23.8 Å². The predicted molar refractivity (Wildman–Crippen MR) is 82.4 cm³/mol. The van der Waals surface area contributed by atoms with Crippen LogP contribution in [0.25, 0.3) is 0 Å². The van der Waals surface area contributed by atoms with Crippen LogP contribution in [0, 0.1) is 17.2 Å². The van der Waals surface area contributed by atoms with Gasteiger partial charge in [-0.2, -0.15) is 14.0 Å². The maximum Gasteiger partial charge on any atom is 0.387 e. The summed E-state index contributed by atoms with van der Waals surface area (Å²) in [4.78, 5) is 15.4. The third-order valence-corrected chi connectivity index (χ3v) is 2.91. The summed E-state index contributed by atoms with van der Waals surface area (Å²) in [6.07, 6.45) is 1.71. The zero-order valence-corrected chi connectivity index (χ0v) is 13.4. The van der Waals surface area contributed by atoms with Gasteiger partial charge in [-0.3, -0.25) is 9.79 Å². The molecular formula is C16H18F2N2O4. The lowest BCUT2D eigenvalue weighted by Gasteiger charge is -2.11. The molecule has 0 aliphatic heterocycles. The molecular weight excluding hydrogens is 322 g/mol. The van der Waals surface area contributed by atoms with Gasteiger partial charge >= 0.3 is 12.6 Å². The average molecular weight is 340 g/mol. The molecule has 0 aliphatic carbocycles. The Morgan fingerprint density at radius 2 is 2.17 bits per heavy atom. The Bertz CT molecular complexity index is 615. The number of methoxy groups -OCH3 is 1. The van der Waals surface area contributed by atoms with Crippen LogP contribution in [0.5, 0.6) is 11.5 Å². The van der Waals surface area contributed by atoms with E-state index in [4.69, 9.17) is 14.7 Å². The molecule has 8 heteroatoms. The van der Waals surface area contributed by atoms with Crippen LogP contribution in [0.2, 0.25) is 0 Å². The number of hydrogen-bond donors (Lipinski definition) is 0. The number of esters is 1. The van der Waals surface area contributed by atoms with E-state index in [2.05, 4.69) is 9.73 Å². The molecule has 1 rings (SSSR count). The minimum atomic E-state index is -2.93. The number of rotatable bonds is 9. The van der Waals surface area contributed by atoms with E-state index in [0.717, 1.165) is 5.56 Å². The number of ether oxygens (including phenoxy) is 3. The number of aliphatic imine (C=N–C) groups is 1. The first kappa shape index (κ1) is 19.4. The fraction of sp³-hybridized carbons (Fsp3) is 0.438. The van der Waals surface area contributed by atoms with E-state index in [-0.39, 0.29) is 18.1 Å². The third-order valence-electron chi connectivity index (χ3n) is 2.91. The minimum absolute atomic E-state index is 0.0494. The SMILES string of the molecule is CCOC(=O)[C@H](C#N)C=NCCc1ccc(OC(F)F)c(OC)c1. The fourth-order valence-corrected chi connectivity index (χ4v) is 1.81. The van der Waals surface area contributed by atoms with E-state index in [0.29, 0.717) is 13.0 Å². The second kappa shape index (κ2) is 10.2. The number of benzene rings is 1. The molecule has 0 bridgehead atoms. The first-order chi connectivity index (χ1) is 11.5. The Balaban J connectivity index is 2.63. The third kappa shape index (κ3) is 6.20. The van der Waals surface area contributed by atoms with Crippen molar-refractivity contribution in [1.29, 1.82) is 5.26 Å². The Morgan fingerprint density at radius 1 is 1.42 bits per heavy atom. The largest absolute Gasteiger partial charge is 0.493 e. The first-order valence-electron chi connectivity index (χ1n) is 7.19. The highest BCUT2D eigenvalue weighted by Gasteiger charge is 2.16. The van der Waals surface area contributed by atoms with E-state index in [1.54, 1.807) is 25.1 Å². The summed E-state index contributed by atoms with van der Waals surface area (Å²) in [5.74, 6) is -1.54. The van der Waals surface area contributed by atoms with Gasteiger partial charge in [0.25, 0.3) is 0 Å². The van der Waals surface area contributed by atoms with Crippen molar-refractivity contribution in [3.8, 4) is 17.6 Å². The van der Waals surface area contributed by atoms with Crippen LogP contribution in [0.15, 0.2) is 23.2 Å². The average Bonchev–Trinajstić information content (AvgIpc) is 2.55. The van der Waals surface area contributed by atoms with Gasteiger partial charge in [-0.25, -0.2) is 0 Å². The number of hydrogen-bond acceptors (Lipinski definition) is 6. The van der Waals surface area contributed by atoms with Crippen molar-refractivity contribution in [2.75, 3.05) is 20.3 Å². The van der Waals surface area contributed by atoms with Crippen molar-refractivity contribution in [3.63, 3.8) is 0 Å². The van der Waals surface area contributed by atoms with Crippen LogP contribution >= 0.6 is 0 Å². The molecule has 0 aromatic heterocycles. The van der Waals surface area contributed by atoms with Gasteiger partial charge in [0, 0.05) is 12.8 Å². The standard InChI is InChI=1S/C16H18F2N2O4/c1-3-23-15(21)12(9-19)10-20-7-6-11-4-5-13(24-16(17)18)14(8-11)22-2/h4-5,8,10,12,16H,3,6-7H2,1-2H3/t12-/m1/s1. The normalized spacial score (nSPS) is 12.0. The minimum Gasteiger partial charge on any atom is -0.493 e. The van der Waals surface area contributed by atoms with Crippen LogP contribution in [0.3, 0.4) is 0 Å². The summed E-state index contributed by atoms with van der Waals surface area (Å²) in [6, 6.07) is 6.37. The number of nitrogens with zero attached hydrogens (tertiary/aromatic N) is 2. The zero-order valence-electron chi connectivity index (χ0n) is 13.4. The number of carbonyl (C=O) groups is 1. The summed E-state index contributed by atoms with van der Waals surface area (Å²) in [6.45, 7) is -0.772. The zero-order chi connectivity index (χ0) is 17.9. The molecule has 0 saturated carbocycles. The molecule has 0 radical (unpaired) electrons. The molecule has 1 aromatic carbocycles. The number of nitriles is 1. The van der Waals surface area contributed by atoms with Gasteiger partial charge in [0.15, 0.2) is 17.4 Å². The van der Waals surface area contributed by atoms with Crippen molar-refractivity contribution in [2.45, 2.75) is 20.0 Å². The topological polar surface area (TPSA) is 80.9 Å². The Hall–Kier alpha value is -2.69. The Morgan fingerprint density at radius 3 is 2.75 bits per heavy atom. The van der Waals surface area contributed by atoms with Gasteiger partial charge in [0.1, 0.15) is 0 Å². The van der Waals surface area contributed by atoms with Gasteiger partial charge in [0.2, 0.25) is 0 Å². The molecule has 0 heterocycles. The molecule has 24 heavy (non-hydrogen) atoms. The molecule has 1 atom stereocenters. The van der Waals surface area contributed by atoms with E-state index in [1.807, 2.05) is 0 Å². The van der Waals surface area contributed by atoms with Gasteiger partial charge in [-0.05, 0) is 31.0 Å². The van der Waals surface area contributed by atoms with Gasteiger partial charge in [-0.15, -0.1) is 0 Å². The van der Waals surface area contributed by atoms with E-state index in [9.17, 15) is 13.6 Å². The van der Waals surface area contributed by atoms with E-state index in [1.165, 1.54) is 19.4 Å². The molecule has 130 valence electrons. The maximum atomic E-state index is 12.3. The molecule has 0 amide bonds. The molecule has 6 nitrogen and oxygen atoms in total. The van der Waals surface area contributed by atoms with Crippen LogP contribution in [-0.2, 0) is 16.0 Å². The quantitative estimate of drug-likeness (QED) is 0.510. The highest BCUT2D eigenvalue weighted by Crippen LogP contribution is 2.29. The Labute approximate surface area is 138 Å². The summed E-state index contributed by atoms with van der Waals surface area (Å²) in [5.41, 5.74) is 0.787. The second-order valence-corrected chi connectivity index (χ2v) is 4.53. The van der Waals surface area contributed by atoms with Gasteiger partial charge in [-0.1, -0.05) is 6.07 Å². The van der Waals surface area contributed by atoms with Crippen molar-refractivity contribution >= 4 is 12.2 Å². The highest BCUT2D eigenvalue weighted by atomic mass is 19.3. The molecule has 1 aromatic rings. The van der Waals surface area contributed by atoms with Crippen LogP contribution < -0.4 is 9.47 Å². The van der Waals surface area contributed by atoms with Gasteiger partial charge < -0.3 is 14.2 Å². The smallest absolute Gasteiger partial charge is 0.387 e. The summed E-state index contributed by atoms with van der Waals surface area (Å²) in [7, 11) is 1.35. The van der Waals surface area contributed by atoms with E-state index >= 15 is 0 Å². The second-order valence-electron chi connectivity index (χ2n) is 4.53. The number of halogens is 2. The van der Waals surface area contributed by atoms with Crippen LogP contribution in [-0.4, -0.2) is 39.1 Å². The lowest BCUT2D eigenvalue weighted by Crippen LogP contribution is -2.17. The molecule has 0 N–H and O–H groups in total. The predicted octanol–water partition coefficient (Wildman–Crippen LogP) is 2.61. The Kier molecular flexibility index (Phi) is 8.19.